The van der Waals surface area contributed by atoms with Crippen molar-refractivity contribution in [1.82, 2.24) is 5.32 Å². The Labute approximate surface area is 152 Å². The van der Waals surface area contributed by atoms with Crippen LogP contribution in [-0.2, 0) is 4.79 Å². The molecule has 24 heavy (non-hydrogen) atoms. The van der Waals surface area contributed by atoms with Crippen molar-refractivity contribution in [2.45, 2.75) is 39.7 Å². The minimum Gasteiger partial charge on any atom is -0.481 e. The van der Waals surface area contributed by atoms with Crippen LogP contribution in [0.2, 0.25) is 10.0 Å². The highest BCUT2D eigenvalue weighted by atomic mass is 35.5. The van der Waals surface area contributed by atoms with Crippen LogP contribution in [0, 0.1) is 22.7 Å². The molecule has 0 spiro atoms. The first-order valence-corrected chi connectivity index (χ1v) is 8.49. The molecule has 0 radical (unpaired) electrons. The molecular weight excluding hydrogens is 347 g/mol. The number of nitrogens with one attached hydrogen (secondary N) is 1. The van der Waals surface area contributed by atoms with Crippen LogP contribution in [0.25, 0.3) is 0 Å². The number of nitriles is 1. The van der Waals surface area contributed by atoms with Crippen molar-refractivity contribution in [2.75, 3.05) is 0 Å². The summed E-state index contributed by atoms with van der Waals surface area (Å²) in [5, 5.41) is 23.9. The Morgan fingerprint density at radius 1 is 1.42 bits per heavy atom. The van der Waals surface area contributed by atoms with Gasteiger partial charge in [-0.15, -0.1) is 0 Å². The number of benzene rings is 1. The Kier molecular flexibility index (Phi) is 5.17. The fraction of sp³-hybridized carbons (Fsp3) is 0.444. The van der Waals surface area contributed by atoms with Crippen LogP contribution in [0.1, 0.15) is 39.2 Å². The molecule has 1 aromatic rings. The highest BCUT2D eigenvalue weighted by Crippen LogP contribution is 2.53. The molecule has 3 atom stereocenters. The number of carboxylic acids is 1. The van der Waals surface area contributed by atoms with Crippen LogP contribution in [0.5, 0.6) is 0 Å². The zero-order chi connectivity index (χ0) is 18.2. The fourth-order valence-electron chi connectivity index (χ4n) is 3.91. The van der Waals surface area contributed by atoms with E-state index in [-0.39, 0.29) is 12.0 Å². The first kappa shape index (κ1) is 18.6. The molecule has 0 saturated heterocycles. The molecular formula is C18H20Cl2N2O2. The molecule has 0 fully saturated rings. The molecule has 1 aliphatic heterocycles. The second-order valence-corrected chi connectivity index (χ2v) is 7.35. The normalized spacial score (nSPS) is 26.9. The van der Waals surface area contributed by atoms with Crippen LogP contribution in [0.15, 0.2) is 29.5 Å². The van der Waals surface area contributed by atoms with Gasteiger partial charge in [0, 0.05) is 27.7 Å². The van der Waals surface area contributed by atoms with E-state index in [1.165, 1.54) is 0 Å². The molecule has 1 heterocycles. The van der Waals surface area contributed by atoms with E-state index in [1.807, 2.05) is 20.8 Å². The molecule has 0 aliphatic carbocycles. The maximum absolute atomic E-state index is 12.4. The zero-order valence-electron chi connectivity index (χ0n) is 14.0. The number of rotatable bonds is 3. The number of aliphatic carboxylic acids is 1. The number of carboxylic acid groups (broad SMARTS) is 1. The number of hydrogen-bond donors (Lipinski definition) is 2. The molecule has 6 heteroatoms. The SMILES string of the molecule is CC1=C(C#N)C(c2ccc(Cl)cc2Cl)C(C(=O)O)(C(C)C)C(C)N1. The van der Waals surface area contributed by atoms with Gasteiger partial charge in [-0.3, -0.25) is 4.79 Å². The predicted octanol–water partition coefficient (Wildman–Crippen LogP) is 4.59. The smallest absolute Gasteiger partial charge is 0.312 e. The molecule has 128 valence electrons. The number of hydrogen-bond acceptors (Lipinski definition) is 3. The molecule has 1 aliphatic rings. The van der Waals surface area contributed by atoms with E-state index in [1.54, 1.807) is 25.1 Å². The lowest BCUT2D eigenvalue weighted by Gasteiger charge is -2.49. The summed E-state index contributed by atoms with van der Waals surface area (Å²) in [6.07, 6.45) is 0. The molecule has 0 saturated carbocycles. The Morgan fingerprint density at radius 2 is 2.04 bits per heavy atom. The van der Waals surface area contributed by atoms with Gasteiger partial charge in [0.2, 0.25) is 0 Å². The number of halogens is 2. The van der Waals surface area contributed by atoms with Gasteiger partial charge in [-0.25, -0.2) is 0 Å². The van der Waals surface area contributed by atoms with Crippen molar-refractivity contribution < 1.29 is 9.90 Å². The van der Waals surface area contributed by atoms with E-state index >= 15 is 0 Å². The first-order chi connectivity index (χ1) is 11.2. The topological polar surface area (TPSA) is 73.1 Å². The van der Waals surface area contributed by atoms with Crippen molar-refractivity contribution in [3.05, 3.63) is 45.1 Å². The van der Waals surface area contributed by atoms with Crippen molar-refractivity contribution in [3.8, 4) is 6.07 Å². The number of carbonyl (C=O) groups is 1. The van der Waals surface area contributed by atoms with Gasteiger partial charge in [-0.05, 0) is 37.5 Å². The van der Waals surface area contributed by atoms with Crippen LogP contribution >= 0.6 is 23.2 Å². The van der Waals surface area contributed by atoms with Gasteiger partial charge in [-0.1, -0.05) is 43.1 Å². The summed E-state index contributed by atoms with van der Waals surface area (Å²) in [4.78, 5) is 12.4. The molecule has 4 nitrogen and oxygen atoms in total. The Hall–Kier alpha value is -1.70. The summed E-state index contributed by atoms with van der Waals surface area (Å²) in [7, 11) is 0. The van der Waals surface area contributed by atoms with Gasteiger partial charge in [0.05, 0.1) is 11.6 Å². The van der Waals surface area contributed by atoms with Gasteiger partial charge < -0.3 is 10.4 Å². The van der Waals surface area contributed by atoms with Crippen molar-refractivity contribution in [1.29, 1.82) is 5.26 Å². The highest BCUT2D eigenvalue weighted by molar-refractivity contribution is 6.35. The van der Waals surface area contributed by atoms with Crippen LogP contribution in [0.3, 0.4) is 0 Å². The second kappa shape index (κ2) is 6.66. The molecule has 2 N–H and O–H groups in total. The molecule has 0 aromatic heterocycles. The van der Waals surface area contributed by atoms with E-state index in [0.29, 0.717) is 26.9 Å². The summed E-state index contributed by atoms with van der Waals surface area (Å²) in [6, 6.07) is 6.80. The van der Waals surface area contributed by atoms with E-state index in [0.717, 1.165) is 0 Å². The Bertz CT molecular complexity index is 752. The van der Waals surface area contributed by atoms with Crippen molar-refractivity contribution in [3.63, 3.8) is 0 Å². The molecule has 0 bridgehead atoms. The second-order valence-electron chi connectivity index (χ2n) is 6.51. The van der Waals surface area contributed by atoms with Gasteiger partial charge in [0.25, 0.3) is 0 Å². The zero-order valence-corrected chi connectivity index (χ0v) is 15.5. The average Bonchev–Trinajstić information content (AvgIpc) is 2.46. The number of nitrogens with zero attached hydrogens (tertiary/aromatic N) is 1. The van der Waals surface area contributed by atoms with Gasteiger partial charge in [0.15, 0.2) is 0 Å². The fourth-order valence-corrected chi connectivity index (χ4v) is 4.43. The lowest BCUT2D eigenvalue weighted by atomic mass is 9.57. The van der Waals surface area contributed by atoms with Crippen LogP contribution in [0.4, 0.5) is 0 Å². The lowest BCUT2D eigenvalue weighted by molar-refractivity contribution is -0.155. The third-order valence-electron chi connectivity index (χ3n) is 5.04. The van der Waals surface area contributed by atoms with Gasteiger partial charge in [-0.2, -0.15) is 5.26 Å². The largest absolute Gasteiger partial charge is 0.481 e. The van der Waals surface area contributed by atoms with Gasteiger partial charge in [0.1, 0.15) is 5.41 Å². The van der Waals surface area contributed by atoms with Crippen molar-refractivity contribution in [2.24, 2.45) is 11.3 Å². The Balaban J connectivity index is 2.87. The minimum absolute atomic E-state index is 0.231. The Morgan fingerprint density at radius 3 is 2.50 bits per heavy atom. The minimum atomic E-state index is -1.21. The van der Waals surface area contributed by atoms with Crippen LogP contribution < -0.4 is 5.32 Å². The highest BCUT2D eigenvalue weighted by Gasteiger charge is 2.57. The summed E-state index contributed by atoms with van der Waals surface area (Å²) in [6.45, 7) is 7.35. The lowest BCUT2D eigenvalue weighted by Crippen LogP contribution is -2.58. The number of allylic oxidation sites excluding steroid dienone is 2. The third kappa shape index (κ3) is 2.66. The molecule has 2 rings (SSSR count). The first-order valence-electron chi connectivity index (χ1n) is 7.73. The van der Waals surface area contributed by atoms with Crippen molar-refractivity contribution >= 4 is 29.2 Å². The maximum atomic E-state index is 12.4. The van der Waals surface area contributed by atoms with E-state index in [9.17, 15) is 15.2 Å². The predicted molar refractivity (Wildman–Crippen MR) is 95.0 cm³/mol. The third-order valence-corrected chi connectivity index (χ3v) is 5.60. The van der Waals surface area contributed by atoms with E-state index in [2.05, 4.69) is 11.4 Å². The molecule has 3 unspecified atom stereocenters. The monoisotopic (exact) mass is 366 g/mol. The maximum Gasteiger partial charge on any atom is 0.312 e. The summed E-state index contributed by atoms with van der Waals surface area (Å²) in [5.41, 5.74) is 0.482. The molecule has 1 aromatic carbocycles. The van der Waals surface area contributed by atoms with Crippen LogP contribution in [-0.4, -0.2) is 17.1 Å². The van der Waals surface area contributed by atoms with E-state index in [4.69, 9.17) is 23.2 Å². The quantitative estimate of drug-likeness (QED) is 0.819. The summed E-state index contributed by atoms with van der Waals surface area (Å²) >= 11 is 12.4. The molecule has 0 amide bonds. The summed E-state index contributed by atoms with van der Waals surface area (Å²) in [5.74, 6) is -1.83. The average molecular weight is 367 g/mol. The van der Waals surface area contributed by atoms with Gasteiger partial charge >= 0.3 is 5.97 Å². The van der Waals surface area contributed by atoms with E-state index < -0.39 is 17.3 Å². The standard InChI is InChI=1S/C18H20Cl2N2O2/c1-9(2)18(17(23)24)11(4)22-10(3)14(8-21)16(18)13-6-5-12(19)7-15(13)20/h5-7,9,11,16,22H,1-4H3,(H,23,24). The summed E-state index contributed by atoms with van der Waals surface area (Å²) < 4.78 is 0.